The zero-order valence-corrected chi connectivity index (χ0v) is 9.29. The summed E-state index contributed by atoms with van der Waals surface area (Å²) < 4.78 is 5.35. The highest BCUT2D eigenvalue weighted by atomic mass is 16.5. The van der Waals surface area contributed by atoms with Gasteiger partial charge in [-0.2, -0.15) is 0 Å². The van der Waals surface area contributed by atoms with Gasteiger partial charge in [0.25, 0.3) is 0 Å². The summed E-state index contributed by atoms with van der Waals surface area (Å²) in [6.07, 6.45) is 1.04. The standard InChI is InChI=1S/C11H17N3O/c1-3-12-10-6-8(2)13-11(14-10)9-4-5-15-7-9/h6,9H,3-5,7H2,1-2H3,(H,12,13,14). The molecule has 2 heterocycles. The van der Waals surface area contributed by atoms with Crippen LogP contribution in [-0.4, -0.2) is 29.7 Å². The van der Waals surface area contributed by atoms with Crippen molar-refractivity contribution in [2.24, 2.45) is 0 Å². The van der Waals surface area contributed by atoms with Gasteiger partial charge < -0.3 is 10.1 Å². The highest BCUT2D eigenvalue weighted by Gasteiger charge is 2.21. The molecule has 0 aromatic carbocycles. The summed E-state index contributed by atoms with van der Waals surface area (Å²) in [5.74, 6) is 2.22. The lowest BCUT2D eigenvalue weighted by molar-refractivity contribution is 0.193. The molecule has 1 fully saturated rings. The zero-order valence-electron chi connectivity index (χ0n) is 9.29. The van der Waals surface area contributed by atoms with Crippen molar-refractivity contribution in [3.63, 3.8) is 0 Å². The molecule has 0 aliphatic carbocycles. The Morgan fingerprint density at radius 1 is 1.53 bits per heavy atom. The van der Waals surface area contributed by atoms with Gasteiger partial charge in [0.1, 0.15) is 11.6 Å². The minimum Gasteiger partial charge on any atom is -0.381 e. The Kier molecular flexibility index (Phi) is 3.16. The molecule has 1 atom stereocenters. The lowest BCUT2D eigenvalue weighted by Gasteiger charge is -2.10. The van der Waals surface area contributed by atoms with Crippen LogP contribution in [0.4, 0.5) is 5.82 Å². The van der Waals surface area contributed by atoms with Crippen molar-refractivity contribution < 1.29 is 4.74 Å². The van der Waals surface area contributed by atoms with Crippen LogP contribution in [0.5, 0.6) is 0 Å². The van der Waals surface area contributed by atoms with Gasteiger partial charge in [0.2, 0.25) is 0 Å². The second-order valence-electron chi connectivity index (χ2n) is 3.84. The summed E-state index contributed by atoms with van der Waals surface area (Å²) in [6, 6.07) is 1.98. The summed E-state index contributed by atoms with van der Waals surface area (Å²) in [7, 11) is 0. The molecule has 1 aromatic rings. The number of aryl methyl sites for hydroxylation is 1. The lowest BCUT2D eigenvalue weighted by atomic mass is 10.1. The molecule has 4 heteroatoms. The second-order valence-corrected chi connectivity index (χ2v) is 3.84. The lowest BCUT2D eigenvalue weighted by Crippen LogP contribution is -2.09. The maximum absolute atomic E-state index is 5.35. The smallest absolute Gasteiger partial charge is 0.136 e. The number of hydrogen-bond donors (Lipinski definition) is 1. The molecular formula is C11H17N3O. The first-order valence-electron chi connectivity index (χ1n) is 5.46. The minimum atomic E-state index is 0.377. The molecule has 1 aliphatic heterocycles. The van der Waals surface area contributed by atoms with Crippen LogP contribution in [0, 0.1) is 6.92 Å². The van der Waals surface area contributed by atoms with Crippen molar-refractivity contribution in [1.82, 2.24) is 9.97 Å². The predicted molar refractivity (Wildman–Crippen MR) is 59.1 cm³/mol. The van der Waals surface area contributed by atoms with Gasteiger partial charge in [-0.05, 0) is 20.3 Å². The molecule has 0 saturated carbocycles. The van der Waals surface area contributed by atoms with Crippen LogP contribution in [-0.2, 0) is 4.74 Å². The van der Waals surface area contributed by atoms with E-state index in [1.165, 1.54) is 0 Å². The van der Waals surface area contributed by atoms with Crippen LogP contribution in [0.1, 0.15) is 30.8 Å². The first-order valence-corrected chi connectivity index (χ1v) is 5.46. The average Bonchev–Trinajstić information content (AvgIpc) is 2.70. The summed E-state index contributed by atoms with van der Waals surface area (Å²) in [4.78, 5) is 8.97. The number of hydrogen-bond acceptors (Lipinski definition) is 4. The number of anilines is 1. The summed E-state index contributed by atoms with van der Waals surface area (Å²) in [5, 5.41) is 3.22. The number of rotatable bonds is 3. The van der Waals surface area contributed by atoms with E-state index in [4.69, 9.17) is 4.74 Å². The van der Waals surface area contributed by atoms with Crippen LogP contribution in [0.15, 0.2) is 6.07 Å². The van der Waals surface area contributed by atoms with Crippen LogP contribution in [0.2, 0.25) is 0 Å². The number of aromatic nitrogens is 2. The Labute approximate surface area is 90.1 Å². The van der Waals surface area contributed by atoms with Crippen molar-refractivity contribution in [3.05, 3.63) is 17.6 Å². The molecule has 0 spiro atoms. The molecule has 0 radical (unpaired) electrons. The SMILES string of the molecule is CCNc1cc(C)nc(C2CCOC2)n1. The molecule has 1 N–H and O–H groups in total. The second kappa shape index (κ2) is 4.57. The van der Waals surface area contributed by atoms with Crippen LogP contribution >= 0.6 is 0 Å². The Morgan fingerprint density at radius 3 is 3.07 bits per heavy atom. The first-order chi connectivity index (χ1) is 7.29. The molecule has 0 amide bonds. The molecule has 1 aromatic heterocycles. The third-order valence-electron chi connectivity index (χ3n) is 2.52. The Bertz CT molecular complexity index is 335. The van der Waals surface area contributed by atoms with E-state index in [-0.39, 0.29) is 0 Å². The van der Waals surface area contributed by atoms with Gasteiger partial charge in [-0.1, -0.05) is 0 Å². The van der Waals surface area contributed by atoms with Gasteiger partial charge in [-0.3, -0.25) is 0 Å². The molecule has 1 aliphatic rings. The third-order valence-corrected chi connectivity index (χ3v) is 2.52. The third kappa shape index (κ3) is 2.45. The van der Waals surface area contributed by atoms with Gasteiger partial charge in [-0.15, -0.1) is 0 Å². The van der Waals surface area contributed by atoms with E-state index in [1.807, 2.05) is 13.0 Å². The molecular weight excluding hydrogens is 190 g/mol. The summed E-state index contributed by atoms with van der Waals surface area (Å²) in [6.45, 7) is 6.54. The molecule has 0 bridgehead atoms. The van der Waals surface area contributed by atoms with Crippen molar-refractivity contribution in [3.8, 4) is 0 Å². The monoisotopic (exact) mass is 207 g/mol. The molecule has 1 unspecified atom stereocenters. The van der Waals surface area contributed by atoms with E-state index in [9.17, 15) is 0 Å². The van der Waals surface area contributed by atoms with E-state index in [0.717, 1.165) is 43.5 Å². The van der Waals surface area contributed by atoms with E-state index in [0.29, 0.717) is 5.92 Å². The normalized spacial score (nSPS) is 20.5. The highest BCUT2D eigenvalue weighted by Crippen LogP contribution is 2.23. The Balaban J connectivity index is 2.22. The summed E-state index contributed by atoms with van der Waals surface area (Å²) in [5.41, 5.74) is 1.02. The van der Waals surface area contributed by atoms with Crippen LogP contribution in [0.3, 0.4) is 0 Å². The van der Waals surface area contributed by atoms with Crippen LogP contribution < -0.4 is 5.32 Å². The number of ether oxygens (including phenoxy) is 1. The quantitative estimate of drug-likeness (QED) is 0.819. The number of nitrogens with one attached hydrogen (secondary N) is 1. The first kappa shape index (κ1) is 10.4. The average molecular weight is 207 g/mol. The molecule has 1 saturated heterocycles. The van der Waals surface area contributed by atoms with E-state index in [1.54, 1.807) is 0 Å². The van der Waals surface area contributed by atoms with E-state index < -0.39 is 0 Å². The summed E-state index contributed by atoms with van der Waals surface area (Å²) >= 11 is 0. The molecule has 15 heavy (non-hydrogen) atoms. The predicted octanol–water partition coefficient (Wildman–Crippen LogP) is 1.72. The van der Waals surface area contributed by atoms with Gasteiger partial charge in [-0.25, -0.2) is 9.97 Å². The van der Waals surface area contributed by atoms with Gasteiger partial charge in [0.15, 0.2) is 0 Å². The van der Waals surface area contributed by atoms with Gasteiger partial charge in [0.05, 0.1) is 6.61 Å². The minimum absolute atomic E-state index is 0.377. The molecule has 82 valence electrons. The number of nitrogens with zero attached hydrogens (tertiary/aromatic N) is 2. The Hall–Kier alpha value is -1.16. The largest absolute Gasteiger partial charge is 0.381 e. The van der Waals surface area contributed by atoms with E-state index in [2.05, 4.69) is 22.2 Å². The van der Waals surface area contributed by atoms with Crippen molar-refractivity contribution in [2.45, 2.75) is 26.2 Å². The fourth-order valence-electron chi connectivity index (χ4n) is 1.78. The fourth-order valence-corrected chi connectivity index (χ4v) is 1.78. The van der Waals surface area contributed by atoms with E-state index >= 15 is 0 Å². The zero-order chi connectivity index (χ0) is 10.7. The molecule has 2 rings (SSSR count). The maximum atomic E-state index is 5.35. The van der Waals surface area contributed by atoms with Gasteiger partial charge >= 0.3 is 0 Å². The van der Waals surface area contributed by atoms with Gasteiger partial charge in [0, 0.05) is 30.8 Å². The Morgan fingerprint density at radius 2 is 2.40 bits per heavy atom. The molecule has 4 nitrogen and oxygen atoms in total. The topological polar surface area (TPSA) is 47.0 Å². The van der Waals surface area contributed by atoms with Crippen molar-refractivity contribution >= 4 is 5.82 Å². The van der Waals surface area contributed by atoms with Crippen molar-refractivity contribution in [1.29, 1.82) is 0 Å². The maximum Gasteiger partial charge on any atom is 0.136 e. The highest BCUT2D eigenvalue weighted by molar-refractivity contribution is 5.36. The fraction of sp³-hybridized carbons (Fsp3) is 0.636. The van der Waals surface area contributed by atoms with Crippen molar-refractivity contribution in [2.75, 3.05) is 25.1 Å². The van der Waals surface area contributed by atoms with Crippen LogP contribution in [0.25, 0.3) is 0 Å².